The van der Waals surface area contributed by atoms with Crippen molar-refractivity contribution >= 4 is 27.4 Å². The van der Waals surface area contributed by atoms with Crippen molar-refractivity contribution in [3.8, 4) is 5.75 Å². The molecule has 110 valence electrons. The van der Waals surface area contributed by atoms with E-state index >= 15 is 0 Å². The van der Waals surface area contributed by atoms with Crippen LogP contribution in [0.25, 0.3) is 0 Å². The van der Waals surface area contributed by atoms with Crippen molar-refractivity contribution in [1.29, 1.82) is 0 Å². The molecule has 21 heavy (non-hydrogen) atoms. The maximum atomic E-state index is 12.6. The molecule has 0 aliphatic carbocycles. The fourth-order valence-corrected chi connectivity index (χ4v) is 2.50. The summed E-state index contributed by atoms with van der Waals surface area (Å²) in [6, 6.07) is 10.8. The molecule has 4 heteroatoms. The molecule has 0 atom stereocenters. The van der Waals surface area contributed by atoms with Crippen molar-refractivity contribution in [2.45, 2.75) is 20.3 Å². The van der Waals surface area contributed by atoms with E-state index in [1.165, 1.54) is 0 Å². The van der Waals surface area contributed by atoms with Gasteiger partial charge in [0, 0.05) is 16.8 Å². The number of ketones is 1. The summed E-state index contributed by atoms with van der Waals surface area (Å²) in [5.41, 5.74) is 8.55. The molecule has 2 N–H and O–H groups in total. The number of rotatable bonds is 5. The number of nitrogen functional groups attached to an aromatic ring is 1. The minimum Gasteiger partial charge on any atom is -0.492 e. The topological polar surface area (TPSA) is 52.3 Å². The number of carbonyl (C=O) groups is 1. The van der Waals surface area contributed by atoms with E-state index in [1.54, 1.807) is 24.3 Å². The average Bonchev–Trinajstić information content (AvgIpc) is 2.48. The Morgan fingerprint density at radius 1 is 1.29 bits per heavy atom. The van der Waals surface area contributed by atoms with E-state index < -0.39 is 0 Å². The second-order valence-electron chi connectivity index (χ2n) is 4.86. The molecule has 0 aliphatic rings. The molecular weight excluding hydrogens is 330 g/mol. The molecule has 0 aliphatic heterocycles. The number of hydrogen-bond donors (Lipinski definition) is 1. The maximum Gasteiger partial charge on any atom is 0.195 e. The van der Waals surface area contributed by atoms with Gasteiger partial charge in [-0.3, -0.25) is 4.79 Å². The molecule has 0 heterocycles. The Balaban J connectivity index is 2.32. The summed E-state index contributed by atoms with van der Waals surface area (Å²) in [5, 5.41) is 0. The van der Waals surface area contributed by atoms with Crippen LogP contribution in [0.4, 0.5) is 5.69 Å². The molecule has 0 saturated heterocycles. The molecule has 0 unspecified atom stereocenters. The zero-order chi connectivity index (χ0) is 15.4. The quantitative estimate of drug-likeness (QED) is 0.645. The summed E-state index contributed by atoms with van der Waals surface area (Å²) in [7, 11) is 0. The monoisotopic (exact) mass is 347 g/mol. The van der Waals surface area contributed by atoms with Crippen molar-refractivity contribution < 1.29 is 9.53 Å². The molecular formula is C17H18BrNO2. The van der Waals surface area contributed by atoms with E-state index in [-0.39, 0.29) is 5.78 Å². The first-order chi connectivity index (χ1) is 10.0. The second-order valence-corrected chi connectivity index (χ2v) is 5.71. The number of para-hydroxylation sites is 1. The van der Waals surface area contributed by atoms with Crippen LogP contribution in [-0.4, -0.2) is 12.4 Å². The maximum absolute atomic E-state index is 12.6. The van der Waals surface area contributed by atoms with Gasteiger partial charge in [0.25, 0.3) is 0 Å². The van der Waals surface area contributed by atoms with Crippen LogP contribution in [0.1, 0.15) is 34.8 Å². The number of anilines is 1. The molecule has 0 spiro atoms. The number of aryl methyl sites for hydroxylation is 1. The van der Waals surface area contributed by atoms with Crippen molar-refractivity contribution in [2.24, 2.45) is 0 Å². The molecule has 3 nitrogen and oxygen atoms in total. The van der Waals surface area contributed by atoms with Crippen LogP contribution < -0.4 is 10.5 Å². The van der Waals surface area contributed by atoms with E-state index in [0.717, 1.165) is 22.2 Å². The standard InChI is InChI=1S/C17H18BrNO2/c1-3-9-21-15-8-7-12(10-14(15)18)17(20)13-6-4-5-11(2)16(13)19/h4-8,10H,3,9,19H2,1-2H3. The third-order valence-corrected chi connectivity index (χ3v) is 3.84. The van der Waals surface area contributed by atoms with Gasteiger partial charge in [0.1, 0.15) is 5.75 Å². The fourth-order valence-electron chi connectivity index (χ4n) is 2.01. The highest BCUT2D eigenvalue weighted by atomic mass is 79.9. The number of ether oxygens (including phenoxy) is 1. The Morgan fingerprint density at radius 3 is 2.71 bits per heavy atom. The van der Waals surface area contributed by atoms with Gasteiger partial charge in [-0.15, -0.1) is 0 Å². The van der Waals surface area contributed by atoms with Crippen LogP contribution in [0.5, 0.6) is 5.75 Å². The van der Waals surface area contributed by atoms with E-state index in [4.69, 9.17) is 10.5 Å². The van der Waals surface area contributed by atoms with Crippen LogP contribution >= 0.6 is 15.9 Å². The Bertz CT molecular complexity index is 668. The lowest BCUT2D eigenvalue weighted by molar-refractivity contribution is 0.103. The first kappa shape index (κ1) is 15.6. The second kappa shape index (κ2) is 6.76. The van der Waals surface area contributed by atoms with Crippen molar-refractivity contribution in [3.05, 3.63) is 57.6 Å². The largest absolute Gasteiger partial charge is 0.492 e. The van der Waals surface area contributed by atoms with Crippen molar-refractivity contribution in [1.82, 2.24) is 0 Å². The van der Waals surface area contributed by atoms with Gasteiger partial charge < -0.3 is 10.5 Å². The highest BCUT2D eigenvalue weighted by Crippen LogP contribution is 2.28. The van der Waals surface area contributed by atoms with Crippen LogP contribution in [-0.2, 0) is 0 Å². The molecule has 2 aromatic carbocycles. The van der Waals surface area contributed by atoms with Gasteiger partial charge in [-0.1, -0.05) is 19.1 Å². The van der Waals surface area contributed by atoms with Crippen molar-refractivity contribution in [2.75, 3.05) is 12.3 Å². The first-order valence-corrected chi connectivity index (χ1v) is 7.66. The highest BCUT2D eigenvalue weighted by molar-refractivity contribution is 9.10. The molecule has 0 saturated carbocycles. The van der Waals surface area contributed by atoms with E-state index in [9.17, 15) is 4.79 Å². The van der Waals surface area contributed by atoms with Crippen LogP contribution in [0.2, 0.25) is 0 Å². The molecule has 0 fully saturated rings. The van der Waals surface area contributed by atoms with Crippen molar-refractivity contribution in [3.63, 3.8) is 0 Å². The SMILES string of the molecule is CCCOc1ccc(C(=O)c2cccc(C)c2N)cc1Br. The Morgan fingerprint density at radius 2 is 2.05 bits per heavy atom. The van der Waals surface area contributed by atoms with Gasteiger partial charge in [-0.05, 0) is 59.1 Å². The molecule has 0 aromatic heterocycles. The third kappa shape index (κ3) is 3.45. The summed E-state index contributed by atoms with van der Waals surface area (Å²) in [4.78, 5) is 12.6. The van der Waals surface area contributed by atoms with E-state index in [1.807, 2.05) is 26.0 Å². The molecule has 0 amide bonds. The highest BCUT2D eigenvalue weighted by Gasteiger charge is 2.15. The zero-order valence-electron chi connectivity index (χ0n) is 12.2. The summed E-state index contributed by atoms with van der Waals surface area (Å²) in [5.74, 6) is 0.657. The number of hydrogen-bond acceptors (Lipinski definition) is 3. The molecule has 2 aromatic rings. The summed E-state index contributed by atoms with van der Waals surface area (Å²) in [6.45, 7) is 4.59. The number of benzene rings is 2. The summed E-state index contributed by atoms with van der Waals surface area (Å²) >= 11 is 3.44. The Kier molecular flexibility index (Phi) is 5.02. The predicted octanol–water partition coefficient (Wildman–Crippen LogP) is 4.36. The number of halogens is 1. The predicted molar refractivity (Wildman–Crippen MR) is 89.0 cm³/mol. The minimum absolute atomic E-state index is 0.0843. The number of nitrogens with two attached hydrogens (primary N) is 1. The molecule has 0 bridgehead atoms. The van der Waals surface area contributed by atoms with Crippen LogP contribution in [0.15, 0.2) is 40.9 Å². The van der Waals surface area contributed by atoms with E-state index in [2.05, 4.69) is 15.9 Å². The first-order valence-electron chi connectivity index (χ1n) is 6.86. The normalized spacial score (nSPS) is 10.4. The fraction of sp³-hybridized carbons (Fsp3) is 0.235. The van der Waals surface area contributed by atoms with Crippen LogP contribution in [0.3, 0.4) is 0 Å². The summed E-state index contributed by atoms with van der Waals surface area (Å²) < 4.78 is 6.36. The summed E-state index contributed by atoms with van der Waals surface area (Å²) in [6.07, 6.45) is 0.937. The smallest absolute Gasteiger partial charge is 0.195 e. The van der Waals surface area contributed by atoms with Gasteiger partial charge in [0.15, 0.2) is 5.78 Å². The Labute approximate surface area is 133 Å². The van der Waals surface area contributed by atoms with Gasteiger partial charge in [-0.2, -0.15) is 0 Å². The molecule has 2 rings (SSSR count). The Hall–Kier alpha value is -1.81. The van der Waals surface area contributed by atoms with Gasteiger partial charge in [0.05, 0.1) is 11.1 Å². The lowest BCUT2D eigenvalue weighted by Crippen LogP contribution is -2.07. The minimum atomic E-state index is -0.0843. The van der Waals surface area contributed by atoms with Crippen LogP contribution in [0, 0.1) is 6.92 Å². The van der Waals surface area contributed by atoms with Gasteiger partial charge in [0.2, 0.25) is 0 Å². The van der Waals surface area contributed by atoms with Gasteiger partial charge in [-0.25, -0.2) is 0 Å². The van der Waals surface area contributed by atoms with Gasteiger partial charge >= 0.3 is 0 Å². The lowest BCUT2D eigenvalue weighted by atomic mass is 9.99. The lowest BCUT2D eigenvalue weighted by Gasteiger charge is -2.10. The number of carbonyl (C=O) groups excluding carboxylic acids is 1. The van der Waals surface area contributed by atoms with E-state index in [0.29, 0.717) is 23.4 Å². The third-order valence-electron chi connectivity index (χ3n) is 3.22. The zero-order valence-corrected chi connectivity index (χ0v) is 13.7. The average molecular weight is 348 g/mol. The molecule has 0 radical (unpaired) electrons.